The number of carbonyl (C=O) groups is 1. The molecular weight excluding hydrogens is 374 g/mol. The number of rotatable bonds is 6. The van der Waals surface area contributed by atoms with Crippen molar-refractivity contribution in [2.45, 2.75) is 19.0 Å². The Morgan fingerprint density at radius 2 is 1.89 bits per heavy atom. The van der Waals surface area contributed by atoms with Gasteiger partial charge in [-0.3, -0.25) is 4.79 Å². The molecular formula is C20H17F4N3O. The van der Waals surface area contributed by atoms with Gasteiger partial charge in [0.2, 0.25) is 0 Å². The maximum absolute atomic E-state index is 13.6. The second-order valence-corrected chi connectivity index (χ2v) is 6.15. The molecule has 2 N–H and O–H groups in total. The van der Waals surface area contributed by atoms with E-state index < -0.39 is 23.5 Å². The van der Waals surface area contributed by atoms with Gasteiger partial charge in [0, 0.05) is 6.54 Å². The highest BCUT2D eigenvalue weighted by Gasteiger charge is 2.34. The van der Waals surface area contributed by atoms with Crippen LogP contribution in [0.2, 0.25) is 0 Å². The third-order valence-corrected chi connectivity index (χ3v) is 4.11. The van der Waals surface area contributed by atoms with Gasteiger partial charge < -0.3 is 10.3 Å². The Hall–Kier alpha value is -2.90. The minimum atomic E-state index is -4.66. The zero-order valence-corrected chi connectivity index (χ0v) is 14.7. The van der Waals surface area contributed by atoms with E-state index in [1.54, 1.807) is 6.42 Å². The maximum atomic E-state index is 13.6. The summed E-state index contributed by atoms with van der Waals surface area (Å²) in [4.78, 5) is 18.7. The van der Waals surface area contributed by atoms with Crippen LogP contribution in [0.5, 0.6) is 0 Å². The monoisotopic (exact) mass is 391 g/mol. The third kappa shape index (κ3) is 4.32. The Morgan fingerprint density at radius 1 is 1.18 bits per heavy atom. The number of nitrogens with zero attached hydrogens (tertiary/aromatic N) is 1. The van der Waals surface area contributed by atoms with Crippen LogP contribution < -0.4 is 5.32 Å². The van der Waals surface area contributed by atoms with Gasteiger partial charge in [-0.2, -0.15) is 13.2 Å². The number of halogens is 4. The van der Waals surface area contributed by atoms with Crippen molar-refractivity contribution < 1.29 is 22.4 Å². The summed E-state index contributed by atoms with van der Waals surface area (Å²) in [6.07, 6.45) is -1.46. The highest BCUT2D eigenvalue weighted by Crippen LogP contribution is 2.37. The SMILES string of the molecule is [CH2]CC[CH]CNC(=O)c1nc2cc(-c3ccc(F)cc3)cc(C(F)(F)F)c2[nH]1. The van der Waals surface area contributed by atoms with Crippen molar-refractivity contribution >= 4 is 16.9 Å². The van der Waals surface area contributed by atoms with Crippen LogP contribution >= 0.6 is 0 Å². The van der Waals surface area contributed by atoms with Gasteiger partial charge in [0.05, 0.1) is 16.6 Å². The second-order valence-electron chi connectivity index (χ2n) is 6.15. The lowest BCUT2D eigenvalue weighted by Crippen LogP contribution is -2.25. The fourth-order valence-electron chi connectivity index (χ4n) is 2.75. The first-order chi connectivity index (χ1) is 13.3. The summed E-state index contributed by atoms with van der Waals surface area (Å²) in [5.74, 6) is -1.30. The van der Waals surface area contributed by atoms with E-state index in [9.17, 15) is 22.4 Å². The molecule has 146 valence electrons. The molecule has 2 aromatic carbocycles. The van der Waals surface area contributed by atoms with Gasteiger partial charge in [0.1, 0.15) is 5.82 Å². The van der Waals surface area contributed by atoms with Gasteiger partial charge in [-0.25, -0.2) is 9.37 Å². The Labute approximate surface area is 159 Å². The summed E-state index contributed by atoms with van der Waals surface area (Å²) >= 11 is 0. The maximum Gasteiger partial charge on any atom is 0.418 e. The first-order valence-corrected chi connectivity index (χ1v) is 8.55. The predicted molar refractivity (Wildman–Crippen MR) is 97.7 cm³/mol. The number of aromatic nitrogens is 2. The van der Waals surface area contributed by atoms with Gasteiger partial charge in [-0.15, -0.1) is 0 Å². The van der Waals surface area contributed by atoms with E-state index in [4.69, 9.17) is 0 Å². The summed E-state index contributed by atoms with van der Waals surface area (Å²) in [5.41, 5.74) is -0.585. The number of hydrogen-bond donors (Lipinski definition) is 2. The van der Waals surface area contributed by atoms with Crippen molar-refractivity contribution in [3.8, 4) is 11.1 Å². The number of alkyl halides is 3. The van der Waals surface area contributed by atoms with Crippen molar-refractivity contribution in [1.82, 2.24) is 15.3 Å². The summed E-state index contributed by atoms with van der Waals surface area (Å²) in [5, 5.41) is 2.57. The first kappa shape index (κ1) is 19.9. The first-order valence-electron chi connectivity index (χ1n) is 8.55. The molecule has 0 bridgehead atoms. The molecule has 0 aliphatic carbocycles. The Kier molecular flexibility index (Phi) is 5.67. The molecule has 1 aromatic heterocycles. The number of fused-ring (bicyclic) bond motifs is 1. The molecule has 0 saturated carbocycles. The average molecular weight is 391 g/mol. The second kappa shape index (κ2) is 8.00. The standard InChI is InChI=1S/C20H17F4N3O/c1-2-3-4-9-25-19(28)18-26-16-11-13(12-5-7-14(21)8-6-12)10-15(17(16)27-18)20(22,23)24/h4-8,10-11H,1-3,9H2,(H,25,28)(H,26,27). The van der Waals surface area contributed by atoms with Crippen LogP contribution in [0.1, 0.15) is 29.0 Å². The molecule has 8 heteroatoms. The molecule has 0 fully saturated rings. The van der Waals surface area contributed by atoms with Crippen LogP contribution in [-0.2, 0) is 6.18 Å². The van der Waals surface area contributed by atoms with Crippen molar-refractivity contribution in [2.24, 2.45) is 0 Å². The Morgan fingerprint density at radius 3 is 2.54 bits per heavy atom. The zero-order valence-electron chi connectivity index (χ0n) is 14.7. The lowest BCUT2D eigenvalue weighted by Gasteiger charge is -2.10. The molecule has 0 saturated heterocycles. The molecule has 1 amide bonds. The minimum Gasteiger partial charge on any atom is -0.349 e. The molecule has 0 unspecified atom stereocenters. The summed E-state index contributed by atoms with van der Waals surface area (Å²) in [6.45, 7) is 3.93. The van der Waals surface area contributed by atoms with Crippen LogP contribution in [0.3, 0.4) is 0 Å². The van der Waals surface area contributed by atoms with Crippen LogP contribution in [0.15, 0.2) is 36.4 Å². The van der Waals surface area contributed by atoms with Crippen LogP contribution in [-0.4, -0.2) is 22.4 Å². The van der Waals surface area contributed by atoms with Crippen molar-refractivity contribution in [3.63, 3.8) is 0 Å². The van der Waals surface area contributed by atoms with Gasteiger partial charge in [0.25, 0.3) is 5.91 Å². The number of amides is 1. The van der Waals surface area contributed by atoms with Gasteiger partial charge in [-0.1, -0.05) is 25.5 Å². The fraction of sp³-hybridized carbons (Fsp3) is 0.200. The van der Waals surface area contributed by atoms with E-state index in [-0.39, 0.29) is 29.0 Å². The number of imidazole rings is 1. The van der Waals surface area contributed by atoms with E-state index in [0.29, 0.717) is 18.4 Å². The highest BCUT2D eigenvalue weighted by molar-refractivity contribution is 5.96. The molecule has 28 heavy (non-hydrogen) atoms. The van der Waals surface area contributed by atoms with Crippen LogP contribution in [0, 0.1) is 19.2 Å². The van der Waals surface area contributed by atoms with Crippen LogP contribution in [0.4, 0.5) is 17.6 Å². The average Bonchev–Trinajstić information content (AvgIpc) is 3.08. The third-order valence-electron chi connectivity index (χ3n) is 4.11. The lowest BCUT2D eigenvalue weighted by atomic mass is 10.0. The van der Waals surface area contributed by atoms with Crippen LogP contribution in [0.25, 0.3) is 22.2 Å². The van der Waals surface area contributed by atoms with E-state index in [1.165, 1.54) is 30.3 Å². The molecule has 4 nitrogen and oxygen atoms in total. The van der Waals surface area contributed by atoms with E-state index in [2.05, 4.69) is 22.2 Å². The topological polar surface area (TPSA) is 57.8 Å². The largest absolute Gasteiger partial charge is 0.418 e. The molecule has 0 atom stereocenters. The highest BCUT2D eigenvalue weighted by atomic mass is 19.4. The molecule has 1 heterocycles. The lowest BCUT2D eigenvalue weighted by molar-refractivity contribution is -0.136. The van der Waals surface area contributed by atoms with Gasteiger partial charge in [0.15, 0.2) is 5.82 Å². The summed E-state index contributed by atoms with van der Waals surface area (Å²) < 4.78 is 53.8. The number of carbonyl (C=O) groups excluding carboxylic acids is 1. The zero-order chi connectivity index (χ0) is 20.3. The summed E-state index contributed by atoms with van der Waals surface area (Å²) in [6, 6.07) is 7.49. The number of unbranched alkanes of at least 4 members (excludes halogenated alkanes) is 2. The Bertz CT molecular complexity index is 978. The number of H-pyrrole nitrogens is 1. The normalized spacial score (nSPS) is 11.8. The number of hydrogen-bond acceptors (Lipinski definition) is 2. The summed E-state index contributed by atoms with van der Waals surface area (Å²) in [7, 11) is 0. The number of benzene rings is 2. The van der Waals surface area contributed by atoms with Crippen molar-refractivity contribution in [1.29, 1.82) is 0 Å². The molecule has 0 aliphatic heterocycles. The molecule has 2 radical (unpaired) electrons. The fourth-order valence-corrected chi connectivity index (χ4v) is 2.75. The quantitative estimate of drug-likeness (QED) is 0.462. The smallest absolute Gasteiger partial charge is 0.349 e. The van der Waals surface area contributed by atoms with E-state index in [0.717, 1.165) is 6.07 Å². The van der Waals surface area contributed by atoms with Gasteiger partial charge in [-0.05, 0) is 48.2 Å². The molecule has 3 aromatic rings. The number of aromatic amines is 1. The predicted octanol–water partition coefficient (Wildman–Crippen LogP) is 4.94. The van der Waals surface area contributed by atoms with Crippen molar-refractivity contribution in [2.75, 3.05) is 6.54 Å². The van der Waals surface area contributed by atoms with Crippen molar-refractivity contribution in [3.05, 3.63) is 66.9 Å². The van der Waals surface area contributed by atoms with Gasteiger partial charge >= 0.3 is 6.18 Å². The van der Waals surface area contributed by atoms with E-state index in [1.807, 2.05) is 0 Å². The molecule has 0 spiro atoms. The number of nitrogens with one attached hydrogen (secondary N) is 2. The minimum absolute atomic E-state index is 0.000961. The molecule has 3 rings (SSSR count). The Balaban J connectivity index is 2.00. The molecule has 0 aliphatic rings. The van der Waals surface area contributed by atoms with E-state index >= 15 is 0 Å².